The van der Waals surface area contributed by atoms with E-state index < -0.39 is 0 Å². The van der Waals surface area contributed by atoms with Gasteiger partial charge in [0.15, 0.2) is 0 Å². The summed E-state index contributed by atoms with van der Waals surface area (Å²) in [5, 5.41) is 0. The average molecular weight is 241 g/mol. The van der Waals surface area contributed by atoms with Crippen molar-refractivity contribution in [3.05, 3.63) is 40.4 Å². The van der Waals surface area contributed by atoms with Gasteiger partial charge in [0.05, 0.1) is 4.47 Å². The molecule has 1 aromatic rings. The van der Waals surface area contributed by atoms with E-state index in [0.717, 1.165) is 10.2 Å². The molecule has 0 radical (unpaired) electrons. The summed E-state index contributed by atoms with van der Waals surface area (Å²) in [7, 11) is 0. The second-order valence-corrected chi connectivity index (χ2v) is 3.67. The molecule has 0 amide bonds. The first-order chi connectivity index (χ1) is 6.24. The van der Waals surface area contributed by atoms with Gasteiger partial charge in [-0.3, -0.25) is 0 Å². The quantitative estimate of drug-likeness (QED) is 0.733. The van der Waals surface area contributed by atoms with E-state index in [1.54, 1.807) is 0 Å². The van der Waals surface area contributed by atoms with Crippen molar-refractivity contribution in [3.8, 4) is 5.75 Å². The van der Waals surface area contributed by atoms with Crippen LogP contribution in [-0.4, -0.2) is 6.61 Å². The highest BCUT2D eigenvalue weighted by Crippen LogP contribution is 2.25. The topological polar surface area (TPSA) is 9.23 Å². The number of ether oxygens (including phenoxy) is 1. The maximum absolute atomic E-state index is 5.50. The van der Waals surface area contributed by atoms with Crippen LogP contribution in [0.2, 0.25) is 0 Å². The summed E-state index contributed by atoms with van der Waals surface area (Å²) in [6.45, 7) is 4.66. The Kier molecular flexibility index (Phi) is 4.03. The molecule has 0 bridgehead atoms. The predicted molar refractivity (Wildman–Crippen MR) is 59.2 cm³/mol. The Morgan fingerprint density at radius 1 is 1.46 bits per heavy atom. The van der Waals surface area contributed by atoms with Crippen molar-refractivity contribution in [2.45, 2.75) is 13.8 Å². The molecule has 0 N–H and O–H groups in total. The van der Waals surface area contributed by atoms with Crippen LogP contribution >= 0.6 is 15.9 Å². The van der Waals surface area contributed by atoms with Crippen LogP contribution in [0.3, 0.4) is 0 Å². The summed E-state index contributed by atoms with van der Waals surface area (Å²) < 4.78 is 6.51. The van der Waals surface area contributed by atoms with Gasteiger partial charge in [0.1, 0.15) is 12.4 Å². The molecule has 0 heterocycles. The SMILES string of the molecule is C/C=C/COc1ccc(C)cc1Br. The lowest BCUT2D eigenvalue weighted by Gasteiger charge is -2.05. The first-order valence-corrected chi connectivity index (χ1v) is 5.03. The van der Waals surface area contributed by atoms with Gasteiger partial charge in [0, 0.05) is 0 Å². The van der Waals surface area contributed by atoms with E-state index in [0.29, 0.717) is 6.61 Å². The zero-order chi connectivity index (χ0) is 9.68. The Morgan fingerprint density at radius 2 is 2.23 bits per heavy atom. The van der Waals surface area contributed by atoms with Gasteiger partial charge in [0.2, 0.25) is 0 Å². The van der Waals surface area contributed by atoms with Crippen molar-refractivity contribution in [1.82, 2.24) is 0 Å². The molecule has 0 fully saturated rings. The summed E-state index contributed by atoms with van der Waals surface area (Å²) >= 11 is 3.45. The second kappa shape index (κ2) is 5.07. The van der Waals surface area contributed by atoms with Crippen LogP contribution in [-0.2, 0) is 0 Å². The molecule has 70 valence electrons. The smallest absolute Gasteiger partial charge is 0.133 e. The highest BCUT2D eigenvalue weighted by molar-refractivity contribution is 9.10. The van der Waals surface area contributed by atoms with Crippen LogP contribution in [0, 0.1) is 6.92 Å². The normalized spacial score (nSPS) is 10.7. The second-order valence-electron chi connectivity index (χ2n) is 2.81. The van der Waals surface area contributed by atoms with Gasteiger partial charge in [-0.25, -0.2) is 0 Å². The van der Waals surface area contributed by atoms with Crippen LogP contribution in [0.1, 0.15) is 12.5 Å². The Morgan fingerprint density at radius 3 is 2.85 bits per heavy atom. The third-order valence-electron chi connectivity index (χ3n) is 1.66. The lowest BCUT2D eigenvalue weighted by Crippen LogP contribution is -1.93. The van der Waals surface area contributed by atoms with Gasteiger partial charge in [-0.05, 0) is 47.5 Å². The summed E-state index contributed by atoms with van der Waals surface area (Å²) in [5.41, 5.74) is 1.23. The average Bonchev–Trinajstić information content (AvgIpc) is 2.09. The summed E-state index contributed by atoms with van der Waals surface area (Å²) in [6.07, 6.45) is 3.95. The Labute approximate surface area is 87.5 Å². The van der Waals surface area contributed by atoms with E-state index in [-0.39, 0.29) is 0 Å². The van der Waals surface area contributed by atoms with Gasteiger partial charge in [0.25, 0.3) is 0 Å². The first kappa shape index (κ1) is 10.3. The van der Waals surface area contributed by atoms with E-state index in [1.165, 1.54) is 5.56 Å². The predicted octanol–water partition coefficient (Wildman–Crippen LogP) is 3.71. The molecular formula is C11H13BrO. The number of hydrogen-bond donors (Lipinski definition) is 0. The number of rotatable bonds is 3. The molecule has 1 rings (SSSR count). The molecule has 0 saturated heterocycles. The van der Waals surface area contributed by atoms with Crippen molar-refractivity contribution in [2.75, 3.05) is 6.61 Å². The highest BCUT2D eigenvalue weighted by Gasteiger charge is 1.98. The molecule has 0 aromatic heterocycles. The monoisotopic (exact) mass is 240 g/mol. The van der Waals surface area contributed by atoms with Crippen LogP contribution in [0.5, 0.6) is 5.75 Å². The van der Waals surface area contributed by atoms with E-state index in [9.17, 15) is 0 Å². The Bertz CT molecular complexity index is 305. The largest absolute Gasteiger partial charge is 0.488 e. The minimum Gasteiger partial charge on any atom is -0.488 e. The molecule has 0 saturated carbocycles. The molecule has 0 atom stereocenters. The third-order valence-corrected chi connectivity index (χ3v) is 2.28. The molecule has 1 nitrogen and oxygen atoms in total. The third kappa shape index (κ3) is 3.23. The van der Waals surface area contributed by atoms with Crippen molar-refractivity contribution >= 4 is 15.9 Å². The minimum atomic E-state index is 0.623. The molecule has 0 aliphatic carbocycles. The number of benzene rings is 1. The van der Waals surface area contributed by atoms with Gasteiger partial charge in [-0.1, -0.05) is 18.2 Å². The molecule has 0 aliphatic rings. The fraction of sp³-hybridized carbons (Fsp3) is 0.273. The fourth-order valence-electron chi connectivity index (χ4n) is 0.957. The number of halogens is 1. The molecule has 13 heavy (non-hydrogen) atoms. The summed E-state index contributed by atoms with van der Waals surface area (Å²) in [6, 6.07) is 6.06. The number of allylic oxidation sites excluding steroid dienone is 1. The van der Waals surface area contributed by atoms with Crippen LogP contribution < -0.4 is 4.74 Å². The highest BCUT2D eigenvalue weighted by atomic mass is 79.9. The number of hydrogen-bond acceptors (Lipinski definition) is 1. The first-order valence-electron chi connectivity index (χ1n) is 4.24. The van der Waals surface area contributed by atoms with Crippen molar-refractivity contribution in [3.63, 3.8) is 0 Å². The maximum atomic E-state index is 5.50. The maximum Gasteiger partial charge on any atom is 0.133 e. The van der Waals surface area contributed by atoms with Crippen LogP contribution in [0.15, 0.2) is 34.8 Å². The fourth-order valence-corrected chi connectivity index (χ4v) is 1.56. The van der Waals surface area contributed by atoms with E-state index in [4.69, 9.17) is 4.74 Å². The van der Waals surface area contributed by atoms with Gasteiger partial charge in [-0.15, -0.1) is 0 Å². The standard InChI is InChI=1S/C11H13BrO/c1-3-4-7-13-11-6-5-9(2)8-10(11)12/h3-6,8H,7H2,1-2H3/b4-3+. The van der Waals surface area contributed by atoms with Crippen LogP contribution in [0.4, 0.5) is 0 Å². The molecule has 0 spiro atoms. The van der Waals surface area contributed by atoms with Crippen LogP contribution in [0.25, 0.3) is 0 Å². The van der Waals surface area contributed by atoms with E-state index >= 15 is 0 Å². The van der Waals surface area contributed by atoms with Gasteiger partial charge in [-0.2, -0.15) is 0 Å². The molecule has 2 heteroatoms. The van der Waals surface area contributed by atoms with E-state index in [1.807, 2.05) is 37.3 Å². The minimum absolute atomic E-state index is 0.623. The zero-order valence-corrected chi connectivity index (χ0v) is 9.47. The number of aryl methyl sites for hydroxylation is 1. The Hall–Kier alpha value is -0.760. The van der Waals surface area contributed by atoms with Crippen molar-refractivity contribution in [1.29, 1.82) is 0 Å². The lowest BCUT2D eigenvalue weighted by molar-refractivity contribution is 0.360. The zero-order valence-electron chi connectivity index (χ0n) is 7.88. The summed E-state index contributed by atoms with van der Waals surface area (Å²) in [5.74, 6) is 0.892. The molecular weight excluding hydrogens is 228 g/mol. The van der Waals surface area contributed by atoms with E-state index in [2.05, 4.69) is 22.9 Å². The summed E-state index contributed by atoms with van der Waals surface area (Å²) in [4.78, 5) is 0. The van der Waals surface area contributed by atoms with Crippen molar-refractivity contribution in [2.24, 2.45) is 0 Å². The lowest BCUT2D eigenvalue weighted by atomic mass is 10.2. The van der Waals surface area contributed by atoms with Gasteiger partial charge < -0.3 is 4.74 Å². The Balaban J connectivity index is 2.66. The molecule has 0 aliphatic heterocycles. The van der Waals surface area contributed by atoms with Gasteiger partial charge >= 0.3 is 0 Å². The van der Waals surface area contributed by atoms with Crippen molar-refractivity contribution < 1.29 is 4.74 Å². The molecule has 0 unspecified atom stereocenters. The molecule has 1 aromatic carbocycles.